The van der Waals surface area contributed by atoms with E-state index in [-0.39, 0.29) is 0 Å². The van der Waals surface area contributed by atoms with Gasteiger partial charge in [0.15, 0.2) is 6.29 Å². The Balaban J connectivity index is 2.28. The Bertz CT molecular complexity index is 605. The van der Waals surface area contributed by atoms with E-state index in [1.54, 1.807) is 48.5 Å². The number of hydrogen-bond donors (Lipinski definition) is 0. The molecule has 4 nitrogen and oxygen atoms in total. The van der Waals surface area contributed by atoms with Crippen LogP contribution in [0.1, 0.15) is 20.7 Å². The standard InChI is InChI=1S/C15H12O4/c1-18-15(17)11-6-4-7-13(9-11)19-14-8-3-2-5-12(14)10-16/h2-10H,1H3. The van der Waals surface area contributed by atoms with Crippen LogP contribution < -0.4 is 4.74 Å². The van der Waals surface area contributed by atoms with Gasteiger partial charge in [-0.05, 0) is 30.3 Å². The minimum atomic E-state index is -0.436. The zero-order valence-corrected chi connectivity index (χ0v) is 10.3. The molecular formula is C15H12O4. The van der Waals surface area contributed by atoms with Crippen molar-refractivity contribution in [1.29, 1.82) is 0 Å². The number of hydrogen-bond acceptors (Lipinski definition) is 4. The number of methoxy groups -OCH3 is 1. The van der Waals surface area contributed by atoms with Crippen LogP contribution >= 0.6 is 0 Å². The van der Waals surface area contributed by atoms with Gasteiger partial charge >= 0.3 is 5.97 Å². The molecule has 0 aromatic heterocycles. The third-order valence-corrected chi connectivity index (χ3v) is 2.53. The van der Waals surface area contributed by atoms with E-state index in [0.29, 0.717) is 22.6 Å². The zero-order chi connectivity index (χ0) is 13.7. The van der Waals surface area contributed by atoms with Crippen LogP contribution in [-0.2, 0) is 4.74 Å². The van der Waals surface area contributed by atoms with Gasteiger partial charge in [0, 0.05) is 0 Å². The van der Waals surface area contributed by atoms with E-state index in [1.807, 2.05) is 0 Å². The SMILES string of the molecule is COC(=O)c1cccc(Oc2ccccc2C=O)c1. The maximum Gasteiger partial charge on any atom is 0.337 e. The molecule has 0 N–H and O–H groups in total. The molecular weight excluding hydrogens is 244 g/mol. The molecule has 19 heavy (non-hydrogen) atoms. The topological polar surface area (TPSA) is 52.6 Å². The van der Waals surface area contributed by atoms with Crippen molar-refractivity contribution in [2.24, 2.45) is 0 Å². The minimum absolute atomic E-state index is 0.392. The maximum absolute atomic E-state index is 11.4. The van der Waals surface area contributed by atoms with E-state index in [1.165, 1.54) is 7.11 Å². The predicted octanol–water partition coefficient (Wildman–Crippen LogP) is 3.08. The summed E-state index contributed by atoms with van der Waals surface area (Å²) in [5, 5.41) is 0. The van der Waals surface area contributed by atoms with E-state index in [9.17, 15) is 9.59 Å². The second-order valence-corrected chi connectivity index (χ2v) is 3.78. The molecule has 4 heteroatoms. The van der Waals surface area contributed by atoms with Crippen LogP contribution in [0.15, 0.2) is 48.5 Å². The summed E-state index contributed by atoms with van der Waals surface area (Å²) in [5.41, 5.74) is 0.842. The van der Waals surface area contributed by atoms with Gasteiger partial charge in [-0.15, -0.1) is 0 Å². The van der Waals surface area contributed by atoms with Gasteiger partial charge in [0.2, 0.25) is 0 Å². The van der Waals surface area contributed by atoms with Crippen molar-refractivity contribution in [2.75, 3.05) is 7.11 Å². The number of carbonyl (C=O) groups excluding carboxylic acids is 2. The van der Waals surface area contributed by atoms with Crippen LogP contribution in [0, 0.1) is 0 Å². The number of para-hydroxylation sites is 1. The Morgan fingerprint density at radius 3 is 2.63 bits per heavy atom. The molecule has 0 saturated carbocycles. The van der Waals surface area contributed by atoms with Crippen molar-refractivity contribution in [3.05, 3.63) is 59.7 Å². The first-order valence-corrected chi connectivity index (χ1v) is 5.65. The predicted molar refractivity (Wildman–Crippen MR) is 69.7 cm³/mol. The Kier molecular flexibility index (Phi) is 3.93. The normalized spacial score (nSPS) is 9.74. The molecule has 0 bridgehead atoms. The number of ether oxygens (including phenoxy) is 2. The fraction of sp³-hybridized carbons (Fsp3) is 0.0667. The van der Waals surface area contributed by atoms with Crippen molar-refractivity contribution >= 4 is 12.3 Å². The summed E-state index contributed by atoms with van der Waals surface area (Å²) in [7, 11) is 1.32. The first kappa shape index (κ1) is 12.8. The molecule has 2 aromatic carbocycles. The highest BCUT2D eigenvalue weighted by molar-refractivity contribution is 5.89. The molecule has 2 rings (SSSR count). The van der Waals surface area contributed by atoms with Crippen LogP contribution in [0.5, 0.6) is 11.5 Å². The third-order valence-electron chi connectivity index (χ3n) is 2.53. The summed E-state index contributed by atoms with van der Waals surface area (Å²) < 4.78 is 10.2. The molecule has 96 valence electrons. The summed E-state index contributed by atoms with van der Waals surface area (Å²) in [6, 6.07) is 13.5. The van der Waals surface area contributed by atoms with Gasteiger partial charge in [0.25, 0.3) is 0 Å². The number of benzene rings is 2. The van der Waals surface area contributed by atoms with Crippen LogP contribution in [0.4, 0.5) is 0 Å². The van der Waals surface area contributed by atoms with Gasteiger partial charge in [-0.25, -0.2) is 4.79 Å². The molecule has 0 heterocycles. The van der Waals surface area contributed by atoms with Crippen molar-refractivity contribution in [3.8, 4) is 11.5 Å². The van der Waals surface area contributed by atoms with Crippen molar-refractivity contribution in [2.45, 2.75) is 0 Å². The van der Waals surface area contributed by atoms with E-state index in [4.69, 9.17) is 4.74 Å². The lowest BCUT2D eigenvalue weighted by Gasteiger charge is -2.08. The Labute approximate surface area is 110 Å². The molecule has 2 aromatic rings. The van der Waals surface area contributed by atoms with Gasteiger partial charge in [-0.1, -0.05) is 18.2 Å². The lowest BCUT2D eigenvalue weighted by atomic mass is 10.2. The molecule has 0 unspecified atom stereocenters. The molecule has 0 amide bonds. The minimum Gasteiger partial charge on any atom is -0.465 e. The summed E-state index contributed by atoms with van der Waals surface area (Å²) in [5.74, 6) is 0.478. The van der Waals surface area contributed by atoms with Crippen LogP contribution in [0.3, 0.4) is 0 Å². The second kappa shape index (κ2) is 5.82. The van der Waals surface area contributed by atoms with Gasteiger partial charge < -0.3 is 9.47 Å². The quantitative estimate of drug-likeness (QED) is 0.623. The molecule has 0 radical (unpaired) electrons. The van der Waals surface area contributed by atoms with Gasteiger partial charge in [0.05, 0.1) is 18.2 Å². The average molecular weight is 256 g/mol. The van der Waals surface area contributed by atoms with Crippen molar-refractivity contribution in [3.63, 3.8) is 0 Å². The van der Waals surface area contributed by atoms with Crippen molar-refractivity contribution in [1.82, 2.24) is 0 Å². The van der Waals surface area contributed by atoms with Gasteiger partial charge in [-0.2, -0.15) is 0 Å². The highest BCUT2D eigenvalue weighted by Crippen LogP contribution is 2.25. The largest absolute Gasteiger partial charge is 0.465 e. The molecule has 0 aliphatic heterocycles. The molecule has 0 spiro atoms. The summed E-state index contributed by atoms with van der Waals surface area (Å²) in [6.07, 6.45) is 0.722. The number of rotatable bonds is 4. The Hall–Kier alpha value is -2.62. The number of carbonyl (C=O) groups is 2. The fourth-order valence-corrected chi connectivity index (χ4v) is 1.60. The van der Waals surface area contributed by atoms with E-state index >= 15 is 0 Å². The third kappa shape index (κ3) is 2.98. The summed E-state index contributed by atoms with van der Waals surface area (Å²) in [6.45, 7) is 0. The average Bonchev–Trinajstić information content (AvgIpc) is 2.47. The van der Waals surface area contributed by atoms with Crippen molar-refractivity contribution < 1.29 is 19.1 Å². The Morgan fingerprint density at radius 1 is 1.11 bits per heavy atom. The fourth-order valence-electron chi connectivity index (χ4n) is 1.60. The second-order valence-electron chi connectivity index (χ2n) is 3.78. The van der Waals surface area contributed by atoms with Crippen LogP contribution in [-0.4, -0.2) is 19.4 Å². The first-order valence-electron chi connectivity index (χ1n) is 5.65. The van der Waals surface area contributed by atoms with Crippen LogP contribution in [0.2, 0.25) is 0 Å². The number of aldehydes is 1. The van der Waals surface area contributed by atoms with Gasteiger partial charge in [0.1, 0.15) is 11.5 Å². The number of esters is 1. The molecule has 0 aliphatic rings. The maximum atomic E-state index is 11.4. The zero-order valence-electron chi connectivity index (χ0n) is 10.3. The lowest BCUT2D eigenvalue weighted by molar-refractivity contribution is 0.0600. The van der Waals surface area contributed by atoms with Gasteiger partial charge in [-0.3, -0.25) is 4.79 Å². The lowest BCUT2D eigenvalue weighted by Crippen LogP contribution is -2.01. The Morgan fingerprint density at radius 2 is 1.89 bits per heavy atom. The van der Waals surface area contributed by atoms with E-state index < -0.39 is 5.97 Å². The van der Waals surface area contributed by atoms with Crippen LogP contribution in [0.25, 0.3) is 0 Å². The summed E-state index contributed by atoms with van der Waals surface area (Å²) >= 11 is 0. The van der Waals surface area contributed by atoms with E-state index in [2.05, 4.69) is 4.74 Å². The monoisotopic (exact) mass is 256 g/mol. The molecule has 0 atom stereocenters. The molecule has 0 saturated heterocycles. The van der Waals surface area contributed by atoms with E-state index in [0.717, 1.165) is 6.29 Å². The highest BCUT2D eigenvalue weighted by atomic mass is 16.5. The molecule has 0 fully saturated rings. The molecule has 0 aliphatic carbocycles. The summed E-state index contributed by atoms with van der Waals surface area (Å²) in [4.78, 5) is 22.3. The highest BCUT2D eigenvalue weighted by Gasteiger charge is 2.08. The smallest absolute Gasteiger partial charge is 0.337 e. The first-order chi connectivity index (χ1) is 9.24.